The molecule has 0 bridgehead atoms. The minimum atomic E-state index is -0.124. The molecule has 2 heterocycles. The van der Waals surface area contributed by atoms with Crippen molar-refractivity contribution in [2.75, 3.05) is 20.4 Å². The quantitative estimate of drug-likeness (QED) is 0.458. The van der Waals surface area contributed by atoms with Crippen LogP contribution in [0, 0.1) is 6.92 Å². The van der Waals surface area contributed by atoms with Gasteiger partial charge in [0.05, 0.1) is 18.2 Å². The van der Waals surface area contributed by atoms with Gasteiger partial charge < -0.3 is 14.2 Å². The van der Waals surface area contributed by atoms with Crippen molar-refractivity contribution in [3.05, 3.63) is 93.2 Å². The summed E-state index contributed by atoms with van der Waals surface area (Å²) in [5.41, 5.74) is 4.34. The normalized spacial score (nSPS) is 16.2. The van der Waals surface area contributed by atoms with Crippen LogP contribution >= 0.6 is 11.6 Å². The Kier molecular flexibility index (Phi) is 5.83. The van der Waals surface area contributed by atoms with Crippen LogP contribution in [0.1, 0.15) is 32.6 Å². The number of hydrogen-bond acceptors (Lipinski definition) is 5. The van der Waals surface area contributed by atoms with E-state index in [9.17, 15) is 4.79 Å². The average Bonchev–Trinajstić information content (AvgIpc) is 3.16. The molecule has 0 radical (unpaired) electrons. The molecule has 3 aromatic carbocycles. The van der Waals surface area contributed by atoms with Gasteiger partial charge in [0.15, 0.2) is 5.76 Å². The fraction of sp³-hybridized carbons (Fsp3) is 0.222. The molecule has 33 heavy (non-hydrogen) atoms. The molecule has 0 saturated carbocycles. The molecule has 2 aliphatic rings. The van der Waals surface area contributed by atoms with E-state index in [1.807, 2.05) is 43.3 Å². The molecule has 0 N–H and O–H groups in total. The summed E-state index contributed by atoms with van der Waals surface area (Å²) in [6.07, 6.45) is 2.59. The second-order valence-electron chi connectivity index (χ2n) is 8.26. The molecule has 0 saturated heterocycles. The van der Waals surface area contributed by atoms with Gasteiger partial charge in [-0.2, -0.15) is 0 Å². The summed E-state index contributed by atoms with van der Waals surface area (Å²) >= 11 is 6.28. The van der Waals surface area contributed by atoms with Crippen molar-refractivity contribution in [2.45, 2.75) is 19.9 Å². The molecule has 0 fully saturated rings. The minimum absolute atomic E-state index is 0.124. The maximum absolute atomic E-state index is 13.2. The van der Waals surface area contributed by atoms with E-state index >= 15 is 0 Å². The molecule has 5 nitrogen and oxygen atoms in total. The highest BCUT2D eigenvalue weighted by atomic mass is 35.5. The van der Waals surface area contributed by atoms with Crippen LogP contribution in [-0.2, 0) is 13.0 Å². The van der Waals surface area contributed by atoms with Crippen molar-refractivity contribution >= 4 is 23.5 Å². The summed E-state index contributed by atoms with van der Waals surface area (Å²) in [7, 11) is 1.67. The molecule has 5 rings (SSSR count). The lowest BCUT2D eigenvalue weighted by molar-refractivity contribution is 0.0949. The summed E-state index contributed by atoms with van der Waals surface area (Å²) in [6, 6.07) is 17.4. The number of ether oxygens (including phenoxy) is 3. The zero-order valence-corrected chi connectivity index (χ0v) is 19.3. The van der Waals surface area contributed by atoms with Crippen LogP contribution in [0.4, 0.5) is 0 Å². The van der Waals surface area contributed by atoms with E-state index in [-0.39, 0.29) is 11.5 Å². The monoisotopic (exact) mass is 461 g/mol. The Morgan fingerprint density at radius 2 is 1.94 bits per heavy atom. The number of ketones is 1. The van der Waals surface area contributed by atoms with Crippen LogP contribution in [0.25, 0.3) is 6.08 Å². The molecule has 3 aromatic rings. The van der Waals surface area contributed by atoms with Crippen LogP contribution in [0.3, 0.4) is 0 Å². The van der Waals surface area contributed by atoms with Crippen LogP contribution in [-0.4, -0.2) is 31.1 Å². The van der Waals surface area contributed by atoms with Gasteiger partial charge in [-0.05, 0) is 60.4 Å². The number of allylic oxidation sites excluding steroid dienone is 1. The van der Waals surface area contributed by atoms with Crippen LogP contribution in [0.5, 0.6) is 17.2 Å². The standard InChI is InChI=1S/C27H24ClNO4/c1-17-13-23-21(15-29(16-32-23)12-11-18-7-9-20(31-2)10-8-18)27-25(17)26(30)24(33-27)14-19-5-3-4-6-22(19)28/h3-10,13-14H,11-12,15-16H2,1-2H3/b24-14+. The molecule has 0 amide bonds. The second kappa shape index (κ2) is 8.93. The first kappa shape index (κ1) is 21.6. The second-order valence-corrected chi connectivity index (χ2v) is 8.67. The summed E-state index contributed by atoms with van der Waals surface area (Å²) in [6.45, 7) is 3.89. The maximum Gasteiger partial charge on any atom is 0.232 e. The summed E-state index contributed by atoms with van der Waals surface area (Å²) < 4.78 is 17.4. The molecule has 2 aliphatic heterocycles. The first-order valence-electron chi connectivity index (χ1n) is 10.9. The van der Waals surface area contributed by atoms with Crippen molar-refractivity contribution in [1.29, 1.82) is 0 Å². The van der Waals surface area contributed by atoms with E-state index in [1.54, 1.807) is 19.3 Å². The van der Waals surface area contributed by atoms with Crippen LogP contribution in [0.2, 0.25) is 5.02 Å². The highest BCUT2D eigenvalue weighted by Gasteiger charge is 2.35. The smallest absolute Gasteiger partial charge is 0.232 e. The average molecular weight is 462 g/mol. The Balaban J connectivity index is 1.38. The fourth-order valence-electron chi connectivity index (χ4n) is 4.23. The first-order valence-corrected chi connectivity index (χ1v) is 11.2. The van der Waals surface area contributed by atoms with Gasteiger partial charge in [-0.15, -0.1) is 0 Å². The highest BCUT2D eigenvalue weighted by molar-refractivity contribution is 6.32. The molecule has 0 unspecified atom stereocenters. The Morgan fingerprint density at radius 1 is 1.15 bits per heavy atom. The summed E-state index contributed by atoms with van der Waals surface area (Å²) in [4.78, 5) is 15.4. The van der Waals surface area contributed by atoms with Crippen molar-refractivity contribution in [3.8, 4) is 17.2 Å². The minimum Gasteiger partial charge on any atom is -0.497 e. The molecule has 6 heteroatoms. The van der Waals surface area contributed by atoms with Crippen molar-refractivity contribution in [3.63, 3.8) is 0 Å². The van der Waals surface area contributed by atoms with Gasteiger partial charge in [-0.3, -0.25) is 9.69 Å². The Labute approximate surface area is 198 Å². The molecule has 0 aromatic heterocycles. The number of fused-ring (bicyclic) bond motifs is 3. The third kappa shape index (κ3) is 4.22. The van der Waals surface area contributed by atoms with E-state index in [0.717, 1.165) is 41.2 Å². The van der Waals surface area contributed by atoms with Crippen LogP contribution < -0.4 is 14.2 Å². The Morgan fingerprint density at radius 3 is 2.70 bits per heavy atom. The van der Waals surface area contributed by atoms with Gasteiger partial charge >= 0.3 is 0 Å². The highest BCUT2D eigenvalue weighted by Crippen LogP contribution is 2.44. The van der Waals surface area contributed by atoms with Gasteiger partial charge in [-0.25, -0.2) is 0 Å². The first-order chi connectivity index (χ1) is 16.0. The topological polar surface area (TPSA) is 48.0 Å². The maximum atomic E-state index is 13.2. The molecular formula is C27H24ClNO4. The van der Waals surface area contributed by atoms with E-state index < -0.39 is 0 Å². The van der Waals surface area contributed by atoms with Gasteiger partial charge in [0.2, 0.25) is 5.78 Å². The number of aryl methyl sites for hydroxylation is 1. The lowest BCUT2D eigenvalue weighted by atomic mass is 9.98. The number of hydrogen-bond donors (Lipinski definition) is 0. The van der Waals surface area contributed by atoms with E-state index in [4.69, 9.17) is 25.8 Å². The lowest BCUT2D eigenvalue weighted by Crippen LogP contribution is -2.33. The Hall–Kier alpha value is -3.28. The van der Waals surface area contributed by atoms with Crippen molar-refractivity contribution in [1.82, 2.24) is 4.90 Å². The van der Waals surface area contributed by atoms with E-state index in [1.165, 1.54) is 5.56 Å². The molecule has 0 spiro atoms. The molecule has 0 atom stereocenters. The predicted octanol–water partition coefficient (Wildman–Crippen LogP) is 5.67. The van der Waals surface area contributed by atoms with Crippen molar-refractivity contribution < 1.29 is 19.0 Å². The van der Waals surface area contributed by atoms with Gasteiger partial charge in [0.25, 0.3) is 0 Å². The number of methoxy groups -OCH3 is 1. The number of carbonyl (C=O) groups excluding carboxylic acids is 1. The van der Waals surface area contributed by atoms with Crippen LogP contribution in [0.15, 0.2) is 60.4 Å². The zero-order valence-electron chi connectivity index (χ0n) is 18.6. The largest absolute Gasteiger partial charge is 0.497 e. The zero-order chi connectivity index (χ0) is 22.9. The van der Waals surface area contributed by atoms with Crippen molar-refractivity contribution in [2.24, 2.45) is 0 Å². The fourth-order valence-corrected chi connectivity index (χ4v) is 4.42. The SMILES string of the molecule is COc1ccc(CCN2COc3cc(C)c4c(c3C2)O/C(=C/c2ccccc2Cl)C4=O)cc1. The summed E-state index contributed by atoms with van der Waals surface area (Å²) in [5, 5.41) is 0.573. The molecule has 0 aliphatic carbocycles. The lowest BCUT2D eigenvalue weighted by Gasteiger charge is -2.30. The van der Waals surface area contributed by atoms with Gasteiger partial charge in [0.1, 0.15) is 24.0 Å². The third-order valence-electron chi connectivity index (χ3n) is 6.06. The number of Topliss-reactive ketones (excluding diaryl/α,β-unsaturated/α-hetero) is 1. The number of benzene rings is 3. The number of carbonyl (C=O) groups is 1. The molecular weight excluding hydrogens is 438 g/mol. The summed E-state index contributed by atoms with van der Waals surface area (Å²) in [5.74, 6) is 2.38. The molecule has 168 valence electrons. The predicted molar refractivity (Wildman–Crippen MR) is 128 cm³/mol. The van der Waals surface area contributed by atoms with E-state index in [0.29, 0.717) is 29.6 Å². The third-order valence-corrected chi connectivity index (χ3v) is 6.40. The Bertz CT molecular complexity index is 1250. The van der Waals surface area contributed by atoms with Gasteiger partial charge in [0, 0.05) is 18.1 Å². The number of rotatable bonds is 5. The van der Waals surface area contributed by atoms with Gasteiger partial charge in [-0.1, -0.05) is 41.9 Å². The number of halogens is 1. The van der Waals surface area contributed by atoms with E-state index in [2.05, 4.69) is 17.0 Å². The number of nitrogens with zero attached hydrogens (tertiary/aromatic N) is 1.